The van der Waals surface area contributed by atoms with Crippen LogP contribution in [-0.2, 0) is 11.2 Å². The van der Waals surface area contributed by atoms with Gasteiger partial charge in [0.1, 0.15) is 0 Å². The van der Waals surface area contributed by atoms with Crippen LogP contribution in [0, 0.1) is 0 Å². The minimum absolute atomic E-state index is 0.110. The first kappa shape index (κ1) is 12.6. The molecule has 0 aliphatic heterocycles. The van der Waals surface area contributed by atoms with Crippen LogP contribution < -0.4 is 5.32 Å². The largest absolute Gasteiger partial charge is 0.344 e. The minimum Gasteiger partial charge on any atom is -0.344 e. The van der Waals surface area contributed by atoms with Crippen molar-refractivity contribution in [3.63, 3.8) is 0 Å². The van der Waals surface area contributed by atoms with Crippen molar-refractivity contribution in [1.82, 2.24) is 15.2 Å². The van der Waals surface area contributed by atoms with Gasteiger partial charge in [-0.1, -0.05) is 6.07 Å². The van der Waals surface area contributed by atoms with Crippen LogP contribution in [0.15, 0.2) is 24.4 Å². The molecule has 1 rings (SSSR count). The summed E-state index contributed by atoms with van der Waals surface area (Å²) in [5, 5.41) is 2.94. The molecule has 1 aromatic rings. The molecule has 0 aliphatic carbocycles. The normalized spacial score (nSPS) is 12.2. The van der Waals surface area contributed by atoms with Crippen molar-refractivity contribution >= 4 is 5.91 Å². The monoisotopic (exact) mass is 221 g/mol. The topological polar surface area (TPSA) is 45.2 Å². The van der Waals surface area contributed by atoms with E-state index >= 15 is 0 Å². The molecule has 1 heterocycles. The van der Waals surface area contributed by atoms with E-state index in [9.17, 15) is 4.79 Å². The zero-order valence-corrected chi connectivity index (χ0v) is 10.1. The van der Waals surface area contributed by atoms with E-state index in [4.69, 9.17) is 0 Å². The molecule has 0 spiro atoms. The van der Waals surface area contributed by atoms with Crippen molar-refractivity contribution < 1.29 is 4.79 Å². The molecule has 0 saturated heterocycles. The van der Waals surface area contributed by atoms with E-state index in [1.54, 1.807) is 18.1 Å². The molecular formula is C12H19N3O. The van der Waals surface area contributed by atoms with Gasteiger partial charge in [-0.3, -0.25) is 9.78 Å². The molecule has 0 aromatic carbocycles. The van der Waals surface area contributed by atoms with E-state index in [1.165, 1.54) is 0 Å². The highest BCUT2D eigenvalue weighted by molar-refractivity contribution is 5.81. The van der Waals surface area contributed by atoms with Gasteiger partial charge < -0.3 is 10.2 Å². The molecule has 16 heavy (non-hydrogen) atoms. The highest BCUT2D eigenvalue weighted by atomic mass is 16.2. The van der Waals surface area contributed by atoms with E-state index in [-0.39, 0.29) is 11.9 Å². The summed E-state index contributed by atoms with van der Waals surface area (Å²) in [4.78, 5) is 17.7. The van der Waals surface area contributed by atoms with Gasteiger partial charge >= 0.3 is 0 Å². The van der Waals surface area contributed by atoms with E-state index in [0.29, 0.717) is 6.54 Å². The molecular weight excluding hydrogens is 202 g/mol. The molecule has 0 saturated carbocycles. The molecule has 0 bridgehead atoms. The second-order valence-corrected chi connectivity index (χ2v) is 3.84. The maximum absolute atomic E-state index is 11.7. The number of carbonyl (C=O) groups excluding carboxylic acids is 1. The second-order valence-electron chi connectivity index (χ2n) is 3.84. The summed E-state index contributed by atoms with van der Waals surface area (Å²) in [7, 11) is 3.61. The summed E-state index contributed by atoms with van der Waals surface area (Å²) < 4.78 is 0. The van der Waals surface area contributed by atoms with E-state index in [2.05, 4.69) is 10.3 Å². The average Bonchev–Trinajstić information content (AvgIpc) is 2.35. The molecule has 1 amide bonds. The second kappa shape index (κ2) is 6.23. The maximum Gasteiger partial charge on any atom is 0.239 e. The van der Waals surface area contributed by atoms with Crippen molar-refractivity contribution in [3.05, 3.63) is 30.1 Å². The molecule has 4 nitrogen and oxygen atoms in total. The first-order valence-corrected chi connectivity index (χ1v) is 5.47. The van der Waals surface area contributed by atoms with Crippen LogP contribution >= 0.6 is 0 Å². The molecule has 4 heteroatoms. The number of hydrogen-bond acceptors (Lipinski definition) is 3. The van der Waals surface area contributed by atoms with E-state index in [0.717, 1.165) is 12.1 Å². The van der Waals surface area contributed by atoms with Crippen molar-refractivity contribution in [2.45, 2.75) is 19.4 Å². The number of nitrogens with one attached hydrogen (secondary N) is 1. The number of likely N-dealkylation sites (N-methyl/N-ethyl adjacent to an activating group) is 2. The summed E-state index contributed by atoms with van der Waals surface area (Å²) in [5.41, 5.74) is 1.01. The first-order valence-electron chi connectivity index (χ1n) is 5.47. The zero-order chi connectivity index (χ0) is 12.0. The molecule has 0 aliphatic rings. The summed E-state index contributed by atoms with van der Waals surface area (Å²) in [6.07, 6.45) is 2.56. The van der Waals surface area contributed by atoms with Crippen LogP contribution in [-0.4, -0.2) is 42.5 Å². The fourth-order valence-electron chi connectivity index (χ4n) is 1.39. The minimum atomic E-state index is -0.131. The van der Waals surface area contributed by atoms with Crippen LogP contribution in [0.4, 0.5) is 0 Å². The van der Waals surface area contributed by atoms with Gasteiger partial charge in [-0.2, -0.15) is 0 Å². The van der Waals surface area contributed by atoms with Gasteiger partial charge in [0.05, 0.1) is 6.04 Å². The lowest BCUT2D eigenvalue weighted by molar-refractivity contribution is -0.131. The van der Waals surface area contributed by atoms with Crippen molar-refractivity contribution in [2.75, 3.05) is 20.6 Å². The van der Waals surface area contributed by atoms with Crippen LogP contribution in [0.25, 0.3) is 0 Å². The summed E-state index contributed by atoms with van der Waals surface area (Å²) in [6, 6.07) is 5.69. The Hall–Kier alpha value is -1.42. The number of aromatic nitrogens is 1. The third kappa shape index (κ3) is 3.62. The fourth-order valence-corrected chi connectivity index (χ4v) is 1.39. The number of pyridine rings is 1. The molecule has 1 atom stereocenters. The Kier molecular flexibility index (Phi) is 4.92. The van der Waals surface area contributed by atoms with Crippen molar-refractivity contribution in [2.24, 2.45) is 0 Å². The predicted molar refractivity (Wildman–Crippen MR) is 64.1 cm³/mol. The zero-order valence-electron chi connectivity index (χ0n) is 10.1. The predicted octanol–water partition coefficient (Wildman–Crippen LogP) is 0.690. The average molecular weight is 221 g/mol. The Morgan fingerprint density at radius 1 is 1.56 bits per heavy atom. The highest BCUT2D eigenvalue weighted by Crippen LogP contribution is 1.98. The van der Waals surface area contributed by atoms with Gasteiger partial charge in [-0.05, 0) is 26.1 Å². The molecule has 1 unspecified atom stereocenters. The third-order valence-corrected chi connectivity index (χ3v) is 2.61. The number of rotatable bonds is 5. The first-order chi connectivity index (χ1) is 7.65. The molecule has 88 valence electrons. The van der Waals surface area contributed by atoms with E-state index < -0.39 is 0 Å². The molecule has 0 fully saturated rings. The lowest BCUT2D eigenvalue weighted by Gasteiger charge is -2.20. The Morgan fingerprint density at radius 2 is 2.31 bits per heavy atom. The third-order valence-electron chi connectivity index (χ3n) is 2.61. The Bertz CT molecular complexity index is 326. The molecule has 1 N–H and O–H groups in total. The number of carbonyl (C=O) groups is 1. The van der Waals surface area contributed by atoms with Crippen LogP contribution in [0.2, 0.25) is 0 Å². The number of hydrogen-bond donors (Lipinski definition) is 1. The van der Waals surface area contributed by atoms with Crippen LogP contribution in [0.5, 0.6) is 0 Å². The SMILES string of the molecule is CNC(C)C(=O)N(C)CCc1ccccn1. The van der Waals surface area contributed by atoms with Gasteiger partial charge in [0, 0.05) is 31.9 Å². The number of amides is 1. The van der Waals surface area contributed by atoms with Gasteiger partial charge in [-0.15, -0.1) is 0 Å². The lowest BCUT2D eigenvalue weighted by atomic mass is 10.2. The van der Waals surface area contributed by atoms with E-state index in [1.807, 2.05) is 32.2 Å². The Labute approximate surface area is 96.7 Å². The number of nitrogens with zero attached hydrogens (tertiary/aromatic N) is 2. The van der Waals surface area contributed by atoms with Crippen LogP contribution in [0.3, 0.4) is 0 Å². The van der Waals surface area contributed by atoms with Crippen LogP contribution in [0.1, 0.15) is 12.6 Å². The summed E-state index contributed by atoms with van der Waals surface area (Å²) in [6.45, 7) is 2.56. The van der Waals surface area contributed by atoms with Crippen molar-refractivity contribution in [3.8, 4) is 0 Å². The molecule has 0 radical (unpaired) electrons. The Balaban J connectivity index is 2.41. The standard InChI is InChI=1S/C12H19N3O/c1-10(13-2)12(16)15(3)9-7-11-6-4-5-8-14-11/h4-6,8,10,13H,7,9H2,1-3H3. The quantitative estimate of drug-likeness (QED) is 0.795. The fraction of sp³-hybridized carbons (Fsp3) is 0.500. The van der Waals surface area contributed by atoms with Gasteiger partial charge in [-0.25, -0.2) is 0 Å². The van der Waals surface area contributed by atoms with Gasteiger partial charge in [0.25, 0.3) is 0 Å². The van der Waals surface area contributed by atoms with Gasteiger partial charge in [0.15, 0.2) is 0 Å². The lowest BCUT2D eigenvalue weighted by Crippen LogP contribution is -2.42. The Morgan fingerprint density at radius 3 is 2.88 bits per heavy atom. The highest BCUT2D eigenvalue weighted by Gasteiger charge is 2.14. The van der Waals surface area contributed by atoms with Crippen molar-refractivity contribution in [1.29, 1.82) is 0 Å². The summed E-state index contributed by atoms with van der Waals surface area (Å²) >= 11 is 0. The molecule has 1 aromatic heterocycles. The summed E-state index contributed by atoms with van der Waals surface area (Å²) in [5.74, 6) is 0.110. The maximum atomic E-state index is 11.7. The smallest absolute Gasteiger partial charge is 0.239 e. The van der Waals surface area contributed by atoms with Gasteiger partial charge in [0.2, 0.25) is 5.91 Å².